The summed E-state index contributed by atoms with van der Waals surface area (Å²) in [6, 6.07) is 58.2. The predicted molar refractivity (Wildman–Crippen MR) is 312 cm³/mol. The minimum absolute atomic E-state index is 0. The van der Waals surface area contributed by atoms with Crippen molar-refractivity contribution in [3.05, 3.63) is 222 Å². The Bertz CT molecular complexity index is 3650. The van der Waals surface area contributed by atoms with Crippen molar-refractivity contribution in [2.45, 2.75) is 91.3 Å². The zero-order valence-corrected chi connectivity index (χ0v) is 47.4. The molecule has 0 saturated heterocycles. The zero-order chi connectivity index (χ0) is 54.5. The number of carboxylic acid groups (broad SMARTS) is 1. The van der Waals surface area contributed by atoms with Crippen LogP contribution in [0.4, 0.5) is 8.78 Å². The molecule has 9 nitrogen and oxygen atoms in total. The van der Waals surface area contributed by atoms with Gasteiger partial charge in [0.05, 0.1) is 28.7 Å². The largest absolute Gasteiger partial charge is 0.493 e. The number of aryl methyl sites for hydroxylation is 1. The second-order valence-electron chi connectivity index (χ2n) is 19.9. The molecule has 0 fully saturated rings. The Labute approximate surface area is 479 Å². The summed E-state index contributed by atoms with van der Waals surface area (Å²) in [6.45, 7) is 5.13. The number of pyridine rings is 2. The van der Waals surface area contributed by atoms with Crippen LogP contribution in [0.1, 0.15) is 98.3 Å². The van der Waals surface area contributed by atoms with Crippen LogP contribution in [0.3, 0.4) is 0 Å². The number of para-hydroxylation sites is 4. The fourth-order valence-corrected chi connectivity index (χ4v) is 10.4. The molecule has 0 amide bonds. The van der Waals surface area contributed by atoms with Gasteiger partial charge in [-0.15, -0.1) is 12.1 Å². The summed E-state index contributed by atoms with van der Waals surface area (Å²) in [5.41, 5.74) is 9.87. The van der Waals surface area contributed by atoms with Gasteiger partial charge in [0.2, 0.25) is 0 Å². The van der Waals surface area contributed by atoms with E-state index < -0.39 is 17.6 Å². The Kier molecular flexibility index (Phi) is 19.2. The van der Waals surface area contributed by atoms with E-state index in [0.717, 1.165) is 75.1 Å². The number of aromatic nitrogens is 4. The number of benzene rings is 7. The number of hydrogen-bond donors (Lipinski definition) is 1. The van der Waals surface area contributed by atoms with Gasteiger partial charge in [-0.2, -0.15) is 0 Å². The molecule has 1 N–H and O–H groups in total. The number of aromatic carboxylic acids is 1. The second kappa shape index (κ2) is 27.1. The molecule has 0 aliphatic carbocycles. The Hall–Kier alpha value is -8.18. The smallest absolute Gasteiger partial charge is 0.358 e. The molecule has 0 atom stereocenters. The Morgan fingerprint density at radius 2 is 1.06 bits per heavy atom. The monoisotopic (exact) mass is 1250 g/mol. The van der Waals surface area contributed by atoms with Gasteiger partial charge < -0.3 is 33.4 Å². The van der Waals surface area contributed by atoms with E-state index >= 15 is 0 Å². The molecule has 1 radical (unpaired) electrons. The number of hydrogen-bond acceptors (Lipinski definition) is 6. The van der Waals surface area contributed by atoms with Crippen LogP contribution < -0.4 is 14.2 Å². The topological polar surface area (TPSA) is 101 Å². The molecular formula is C68H63F2IrN4O5-. The standard InChI is InChI=1S/C56H55N3O5.C12H8F2N.Ir/c1-2-3-4-5-6-7-8-9-10-19-31-62-44-34-41(39-64-54-29-20-30-57-55(54)56(60)61)35-45(37-44)63-38-40-32-42(58-50-25-15-11-21-46(50)47-22-12-16-26-51(47)58)36-43(33-40)59-52-27-17-13-23-48(52)49-24-14-18-28-53(49)59;1-8-4-5-15-12(6-8)10-3-2-9(13)7-11(10)14;/h11-18,20-30,32-37H,2-10,19,31,38-39H2,1H3,(H,60,61);2,4-7H,1H3;/q;-1;. The van der Waals surface area contributed by atoms with Crippen LogP contribution in [0, 0.1) is 24.6 Å². The molecule has 0 spiro atoms. The number of nitrogens with zero attached hydrogens (tertiary/aromatic N) is 4. The molecule has 80 heavy (non-hydrogen) atoms. The van der Waals surface area contributed by atoms with Crippen LogP contribution in [0.5, 0.6) is 17.2 Å². The molecule has 0 aliphatic rings. The van der Waals surface area contributed by atoms with Gasteiger partial charge in [-0.25, -0.2) is 9.78 Å². The first kappa shape index (κ1) is 56.5. The van der Waals surface area contributed by atoms with Crippen LogP contribution in [-0.4, -0.2) is 36.8 Å². The fourth-order valence-electron chi connectivity index (χ4n) is 10.4. The van der Waals surface area contributed by atoms with E-state index in [1.54, 1.807) is 24.4 Å². The van der Waals surface area contributed by atoms with Gasteiger partial charge in [-0.3, -0.25) is 8.78 Å². The van der Waals surface area contributed by atoms with Gasteiger partial charge in [-0.05, 0) is 103 Å². The second-order valence-corrected chi connectivity index (χ2v) is 19.9. The number of unbranched alkanes of at least 4 members (excludes halogenated alkanes) is 9. The third-order valence-corrected chi connectivity index (χ3v) is 14.1. The van der Waals surface area contributed by atoms with Crippen molar-refractivity contribution in [1.82, 2.24) is 19.1 Å². The molecule has 11 aromatic rings. The third-order valence-electron chi connectivity index (χ3n) is 14.1. The summed E-state index contributed by atoms with van der Waals surface area (Å²) in [5, 5.41) is 14.5. The van der Waals surface area contributed by atoms with E-state index in [0.29, 0.717) is 23.8 Å². The molecule has 12 heteroatoms. The van der Waals surface area contributed by atoms with E-state index in [4.69, 9.17) is 14.2 Å². The maximum absolute atomic E-state index is 13.4. The maximum atomic E-state index is 13.4. The maximum Gasteiger partial charge on any atom is 0.358 e. The summed E-state index contributed by atoms with van der Waals surface area (Å²) in [5.74, 6) is -0.909. The van der Waals surface area contributed by atoms with Crippen LogP contribution in [0.2, 0.25) is 0 Å². The molecule has 0 saturated carbocycles. The van der Waals surface area contributed by atoms with Crippen molar-refractivity contribution in [3.63, 3.8) is 0 Å². The minimum atomic E-state index is -1.14. The molecular weight excluding hydrogens is 1180 g/mol. The SMILES string of the molecule is CCCCCCCCCCCCOc1cc(COc2cccnc2C(=O)O)cc(OCc2cc(-n3c4ccccc4c4ccccc43)cc(-n3c4ccccc4c4ccccc43)c2)c1.Cc1ccnc(-c2[c-]cc(F)cc2F)c1.[Ir]. The molecule has 0 aliphatic heterocycles. The molecule has 7 aromatic carbocycles. The van der Waals surface area contributed by atoms with Crippen LogP contribution in [-0.2, 0) is 33.3 Å². The van der Waals surface area contributed by atoms with Crippen LogP contribution >= 0.6 is 0 Å². The van der Waals surface area contributed by atoms with E-state index in [-0.39, 0.29) is 50.3 Å². The molecule has 0 unspecified atom stereocenters. The van der Waals surface area contributed by atoms with Crippen molar-refractivity contribution in [2.75, 3.05) is 6.61 Å². The first-order chi connectivity index (χ1) is 38.7. The van der Waals surface area contributed by atoms with Gasteiger partial charge in [-0.1, -0.05) is 161 Å². The number of ether oxygens (including phenoxy) is 3. The Morgan fingerprint density at radius 3 is 1.60 bits per heavy atom. The van der Waals surface area contributed by atoms with Gasteiger partial charge >= 0.3 is 5.97 Å². The number of rotatable bonds is 22. The summed E-state index contributed by atoms with van der Waals surface area (Å²) in [7, 11) is 0. The van der Waals surface area contributed by atoms with Crippen molar-refractivity contribution >= 4 is 49.6 Å². The molecule has 4 heterocycles. The Balaban J connectivity index is 0.000000418. The third kappa shape index (κ3) is 13.4. The molecule has 409 valence electrons. The quantitative estimate of drug-likeness (QED) is 0.0533. The minimum Gasteiger partial charge on any atom is -0.493 e. The van der Waals surface area contributed by atoms with Crippen molar-refractivity contribution < 1.29 is 53.0 Å². The number of carbonyl (C=O) groups is 1. The van der Waals surface area contributed by atoms with Crippen LogP contribution in [0.15, 0.2) is 182 Å². The summed E-state index contributed by atoms with van der Waals surface area (Å²) in [4.78, 5) is 19.9. The van der Waals surface area contributed by atoms with Gasteiger partial charge in [0.25, 0.3) is 0 Å². The normalized spacial score (nSPS) is 11.2. The number of fused-ring (bicyclic) bond motifs is 6. The summed E-state index contributed by atoms with van der Waals surface area (Å²) < 4.78 is 49.9. The van der Waals surface area contributed by atoms with E-state index in [1.807, 2.05) is 31.2 Å². The molecule has 4 aromatic heterocycles. The number of carboxylic acids is 1. The summed E-state index contributed by atoms with van der Waals surface area (Å²) >= 11 is 0. The first-order valence-electron chi connectivity index (χ1n) is 27.3. The average molecular weight is 1250 g/mol. The molecule has 0 bridgehead atoms. The van der Waals surface area contributed by atoms with Crippen LogP contribution in [0.25, 0.3) is 66.2 Å². The fraction of sp³-hybridized carbons (Fsp3) is 0.221. The van der Waals surface area contributed by atoms with E-state index in [2.05, 4.69) is 147 Å². The van der Waals surface area contributed by atoms with E-state index in [9.17, 15) is 18.7 Å². The summed E-state index contributed by atoms with van der Waals surface area (Å²) in [6.07, 6.45) is 15.5. The Morgan fingerprint density at radius 1 is 0.550 bits per heavy atom. The van der Waals surface area contributed by atoms with Gasteiger partial charge in [0.1, 0.15) is 24.7 Å². The first-order valence-corrected chi connectivity index (χ1v) is 27.3. The molecule has 11 rings (SSSR count). The zero-order valence-electron chi connectivity index (χ0n) is 45.0. The predicted octanol–water partition coefficient (Wildman–Crippen LogP) is 17.6. The van der Waals surface area contributed by atoms with Gasteiger partial charge in [0.15, 0.2) is 11.4 Å². The number of halogens is 2. The van der Waals surface area contributed by atoms with E-state index in [1.165, 1.54) is 79.1 Å². The average Bonchev–Trinajstić information content (AvgIpc) is 4.00. The van der Waals surface area contributed by atoms with Gasteiger partial charge in [0, 0.05) is 83.1 Å². The van der Waals surface area contributed by atoms with Crippen molar-refractivity contribution in [1.29, 1.82) is 0 Å². The van der Waals surface area contributed by atoms with Crippen molar-refractivity contribution in [3.8, 4) is 39.9 Å². The van der Waals surface area contributed by atoms with Crippen molar-refractivity contribution in [2.24, 2.45) is 0 Å².